The molecule has 6 heteroatoms. The summed E-state index contributed by atoms with van der Waals surface area (Å²) in [5.41, 5.74) is 15.0. The average Bonchev–Trinajstić information content (AvgIpc) is 2.54. The van der Waals surface area contributed by atoms with Gasteiger partial charge in [-0.1, -0.05) is 24.3 Å². The van der Waals surface area contributed by atoms with Gasteiger partial charge < -0.3 is 16.8 Å². The molecule has 25 heavy (non-hydrogen) atoms. The molecule has 3 rings (SSSR count). The van der Waals surface area contributed by atoms with E-state index in [2.05, 4.69) is 20.3 Å². The summed E-state index contributed by atoms with van der Waals surface area (Å²) in [6, 6.07) is 15.7. The van der Waals surface area contributed by atoms with Crippen LogP contribution in [0.3, 0.4) is 0 Å². The second kappa shape index (κ2) is 7.00. The molecule has 1 heterocycles. The van der Waals surface area contributed by atoms with E-state index in [-0.39, 0.29) is 0 Å². The number of hydrogen-bond donors (Lipinski definition) is 3. The molecule has 0 fully saturated rings. The van der Waals surface area contributed by atoms with Crippen LogP contribution in [-0.4, -0.2) is 15.8 Å². The van der Waals surface area contributed by atoms with Crippen molar-refractivity contribution in [3.8, 4) is 0 Å². The van der Waals surface area contributed by atoms with Crippen LogP contribution in [0.4, 0.5) is 17.5 Å². The summed E-state index contributed by atoms with van der Waals surface area (Å²) in [7, 11) is 0. The van der Waals surface area contributed by atoms with Crippen LogP contribution in [0.5, 0.6) is 0 Å². The van der Waals surface area contributed by atoms with Crippen LogP contribution in [-0.2, 0) is 0 Å². The van der Waals surface area contributed by atoms with Crippen LogP contribution >= 0.6 is 0 Å². The predicted molar refractivity (Wildman–Crippen MR) is 103 cm³/mol. The van der Waals surface area contributed by atoms with Crippen LogP contribution in [0, 0.1) is 6.92 Å². The van der Waals surface area contributed by atoms with E-state index in [1.807, 2.05) is 55.5 Å². The first kappa shape index (κ1) is 16.4. The third-order valence-corrected chi connectivity index (χ3v) is 3.47. The molecular formula is C19H20N6. The number of allylic oxidation sites excluding steroid dienone is 1. The number of para-hydroxylation sites is 1. The molecule has 0 aliphatic carbocycles. The Kier molecular flexibility index (Phi) is 4.61. The van der Waals surface area contributed by atoms with Gasteiger partial charge in [0.25, 0.3) is 0 Å². The average molecular weight is 332 g/mol. The number of benzene rings is 2. The van der Waals surface area contributed by atoms with Crippen molar-refractivity contribution < 1.29 is 0 Å². The van der Waals surface area contributed by atoms with Gasteiger partial charge in [0, 0.05) is 16.8 Å². The lowest BCUT2D eigenvalue weighted by atomic mass is 10.2. The Hall–Kier alpha value is -3.41. The summed E-state index contributed by atoms with van der Waals surface area (Å²) in [5, 5.41) is 4.04. The molecule has 0 amide bonds. The molecule has 6 nitrogen and oxygen atoms in total. The lowest BCUT2D eigenvalue weighted by Gasteiger charge is -2.08. The minimum absolute atomic E-state index is 0.297. The van der Waals surface area contributed by atoms with Gasteiger partial charge in [-0.3, -0.25) is 0 Å². The quantitative estimate of drug-likeness (QED) is 0.501. The van der Waals surface area contributed by atoms with Gasteiger partial charge in [-0.05, 0) is 49.8 Å². The Balaban J connectivity index is 2.07. The molecular weight excluding hydrogens is 312 g/mol. The number of amidine groups is 1. The Bertz CT molecular complexity index is 971. The predicted octanol–water partition coefficient (Wildman–Crippen LogP) is 3.53. The van der Waals surface area contributed by atoms with E-state index in [0.29, 0.717) is 23.3 Å². The number of nitrogens with zero attached hydrogens (tertiary/aromatic N) is 3. The minimum Gasteiger partial charge on any atom is -0.402 e. The van der Waals surface area contributed by atoms with Crippen LogP contribution in [0.2, 0.25) is 0 Å². The van der Waals surface area contributed by atoms with Crippen LogP contribution < -0.4 is 16.8 Å². The highest BCUT2D eigenvalue weighted by Crippen LogP contribution is 2.26. The fraction of sp³-hybridized carbons (Fsp3) is 0.105. The standard InChI is InChI=1S/C19H20N6/c1-12-6-5-7-14(10-12)22-19-23-16-9-4-3-8-15(16)18(25-19)24-17(21)11-13(2)20/h3-11H,20H2,1-2H3,(H3,21,22,23,24,25)/b13-11-. The molecule has 0 spiro atoms. The Morgan fingerprint density at radius 3 is 2.64 bits per heavy atom. The van der Waals surface area contributed by atoms with Gasteiger partial charge in [0.2, 0.25) is 5.95 Å². The number of anilines is 2. The number of nitrogens with two attached hydrogens (primary N) is 2. The van der Waals surface area contributed by atoms with E-state index in [9.17, 15) is 0 Å². The molecule has 126 valence electrons. The van der Waals surface area contributed by atoms with Crippen molar-refractivity contribution in [1.29, 1.82) is 0 Å². The van der Waals surface area contributed by atoms with Crippen LogP contribution in [0.1, 0.15) is 12.5 Å². The van der Waals surface area contributed by atoms with Crippen molar-refractivity contribution in [2.45, 2.75) is 13.8 Å². The van der Waals surface area contributed by atoms with Crippen molar-refractivity contribution in [1.82, 2.24) is 9.97 Å². The van der Waals surface area contributed by atoms with Crippen molar-refractivity contribution in [2.24, 2.45) is 16.5 Å². The molecule has 0 bridgehead atoms. The molecule has 0 atom stereocenters. The highest BCUT2D eigenvalue weighted by Gasteiger charge is 2.08. The summed E-state index contributed by atoms with van der Waals surface area (Å²) >= 11 is 0. The molecule has 0 unspecified atom stereocenters. The monoisotopic (exact) mass is 332 g/mol. The first-order valence-electron chi connectivity index (χ1n) is 7.90. The van der Waals surface area contributed by atoms with Gasteiger partial charge >= 0.3 is 0 Å². The molecule has 0 radical (unpaired) electrons. The Morgan fingerprint density at radius 1 is 1.08 bits per heavy atom. The fourth-order valence-corrected chi connectivity index (χ4v) is 2.44. The third kappa shape index (κ3) is 4.11. The lowest BCUT2D eigenvalue weighted by molar-refractivity contribution is 1.19. The largest absolute Gasteiger partial charge is 0.402 e. The van der Waals surface area contributed by atoms with E-state index < -0.39 is 0 Å². The van der Waals surface area contributed by atoms with Crippen molar-refractivity contribution in [2.75, 3.05) is 5.32 Å². The number of nitrogens with one attached hydrogen (secondary N) is 1. The molecule has 2 aromatic carbocycles. The molecule has 5 N–H and O–H groups in total. The maximum atomic E-state index is 5.93. The maximum absolute atomic E-state index is 5.93. The fourth-order valence-electron chi connectivity index (χ4n) is 2.44. The van der Waals surface area contributed by atoms with E-state index >= 15 is 0 Å². The van der Waals surface area contributed by atoms with E-state index in [4.69, 9.17) is 11.5 Å². The van der Waals surface area contributed by atoms with Gasteiger partial charge in [-0.25, -0.2) is 9.98 Å². The summed E-state index contributed by atoms with van der Waals surface area (Å²) in [6.45, 7) is 3.79. The molecule has 1 aromatic heterocycles. The van der Waals surface area contributed by atoms with E-state index in [1.54, 1.807) is 13.0 Å². The number of aliphatic imine (C=N–C) groups is 1. The molecule has 0 saturated heterocycles. The van der Waals surface area contributed by atoms with Crippen LogP contribution in [0.15, 0.2) is 65.3 Å². The van der Waals surface area contributed by atoms with Gasteiger partial charge in [0.15, 0.2) is 5.82 Å². The Labute approximate surface area is 146 Å². The maximum Gasteiger partial charge on any atom is 0.229 e. The van der Waals surface area contributed by atoms with Crippen LogP contribution in [0.25, 0.3) is 10.9 Å². The summed E-state index contributed by atoms with van der Waals surface area (Å²) in [6.07, 6.45) is 1.60. The zero-order valence-corrected chi connectivity index (χ0v) is 14.2. The van der Waals surface area contributed by atoms with Gasteiger partial charge in [-0.15, -0.1) is 0 Å². The SMILES string of the molecule is C/C(N)=C/C(N)=Nc1nc(Nc2cccc(C)c2)nc2ccccc12. The number of fused-ring (bicyclic) bond motifs is 1. The number of rotatable bonds is 4. The van der Waals surface area contributed by atoms with Crippen molar-refractivity contribution in [3.05, 3.63) is 65.9 Å². The smallest absolute Gasteiger partial charge is 0.229 e. The number of hydrogen-bond acceptors (Lipinski definition) is 5. The topological polar surface area (TPSA) is 102 Å². The summed E-state index contributed by atoms with van der Waals surface area (Å²) in [5.74, 6) is 1.26. The normalized spacial score (nSPS) is 12.4. The zero-order valence-electron chi connectivity index (χ0n) is 14.2. The zero-order chi connectivity index (χ0) is 17.8. The molecule has 0 aliphatic heterocycles. The molecule has 0 aliphatic rings. The molecule has 0 saturated carbocycles. The lowest BCUT2D eigenvalue weighted by Crippen LogP contribution is -2.10. The first-order valence-corrected chi connectivity index (χ1v) is 7.90. The molecule has 3 aromatic rings. The van der Waals surface area contributed by atoms with E-state index in [1.165, 1.54) is 0 Å². The highest BCUT2D eigenvalue weighted by molar-refractivity contribution is 5.97. The number of aromatic nitrogens is 2. The van der Waals surface area contributed by atoms with Gasteiger partial charge in [-0.2, -0.15) is 4.98 Å². The van der Waals surface area contributed by atoms with Gasteiger partial charge in [0.05, 0.1) is 5.52 Å². The summed E-state index contributed by atoms with van der Waals surface area (Å²) in [4.78, 5) is 13.5. The third-order valence-electron chi connectivity index (χ3n) is 3.47. The second-order valence-electron chi connectivity index (χ2n) is 5.81. The first-order chi connectivity index (χ1) is 12.0. The minimum atomic E-state index is 0.297. The van der Waals surface area contributed by atoms with Crippen molar-refractivity contribution >= 4 is 34.2 Å². The highest BCUT2D eigenvalue weighted by atomic mass is 15.1. The Morgan fingerprint density at radius 2 is 1.88 bits per heavy atom. The second-order valence-corrected chi connectivity index (χ2v) is 5.81. The summed E-state index contributed by atoms with van der Waals surface area (Å²) < 4.78 is 0. The van der Waals surface area contributed by atoms with Crippen molar-refractivity contribution in [3.63, 3.8) is 0 Å². The van der Waals surface area contributed by atoms with E-state index in [0.717, 1.165) is 22.2 Å². The number of aryl methyl sites for hydroxylation is 1. The van der Waals surface area contributed by atoms with Gasteiger partial charge in [0.1, 0.15) is 5.84 Å².